The van der Waals surface area contributed by atoms with Gasteiger partial charge in [0, 0.05) is 50.3 Å². The molecule has 0 aromatic carbocycles. The van der Waals surface area contributed by atoms with Crippen molar-refractivity contribution in [2.75, 3.05) is 13.1 Å². The van der Waals surface area contributed by atoms with Crippen LogP contribution in [-0.4, -0.2) is 84.8 Å². The first-order valence-electron chi connectivity index (χ1n) is 26.0. The molecule has 20 atom stereocenters. The molecule has 4 aliphatic carbocycles. The Morgan fingerprint density at radius 1 is 0.359 bits per heavy atom. The van der Waals surface area contributed by atoms with Gasteiger partial charge in [-0.3, -0.25) is 62.5 Å². The molecule has 340 valence electrons. The molecule has 12 heteroatoms. The second-order valence-corrected chi connectivity index (χ2v) is 21.9. The Balaban J connectivity index is 0.911. The fourth-order valence-corrected chi connectivity index (χ4v) is 16.8. The van der Waals surface area contributed by atoms with E-state index in [0.29, 0.717) is 71.0 Å². The largest absolute Gasteiger partial charge is 0.293 e. The molecule has 13 rings (SSSR count). The number of hydrogen-bond donors (Lipinski definition) is 8. The lowest BCUT2D eigenvalue weighted by Gasteiger charge is -2.42. The molecule has 8 bridgehead atoms. The smallest absolute Gasteiger partial charge is 0.0634 e. The zero-order chi connectivity index (χ0) is 42.1. The maximum absolute atomic E-state index is 4.66. The van der Waals surface area contributed by atoms with Crippen molar-refractivity contribution in [1.82, 2.24) is 52.5 Å². The van der Waals surface area contributed by atoms with Crippen molar-refractivity contribution in [3.63, 3.8) is 0 Å². The summed E-state index contributed by atoms with van der Waals surface area (Å²) >= 11 is 0. The maximum Gasteiger partial charge on any atom is 0.0634 e. The molecule has 5 saturated heterocycles. The highest BCUT2D eigenvalue weighted by molar-refractivity contribution is 5.73. The van der Waals surface area contributed by atoms with Gasteiger partial charge in [-0.2, -0.15) is 0 Å². The van der Waals surface area contributed by atoms with Crippen LogP contribution >= 0.6 is 0 Å². The zero-order valence-corrected chi connectivity index (χ0v) is 37.6. The van der Waals surface area contributed by atoms with E-state index in [-0.39, 0.29) is 49.3 Å². The van der Waals surface area contributed by atoms with Gasteiger partial charge in [0.2, 0.25) is 0 Å². The zero-order valence-electron chi connectivity index (χ0n) is 37.6. The van der Waals surface area contributed by atoms with Gasteiger partial charge in [0.1, 0.15) is 0 Å². The van der Waals surface area contributed by atoms with Crippen LogP contribution in [-0.2, 0) is 0 Å². The monoisotopic (exact) mass is 865 g/mol. The minimum atomic E-state index is 0.190. The minimum Gasteiger partial charge on any atom is -0.293 e. The Morgan fingerprint density at radius 2 is 0.672 bits per heavy atom. The topological polar surface area (TPSA) is 147 Å². The van der Waals surface area contributed by atoms with Gasteiger partial charge in [-0.25, -0.2) is 0 Å². The van der Waals surface area contributed by atoms with E-state index in [2.05, 4.69) is 111 Å². The Kier molecular flexibility index (Phi) is 11.2. The summed E-state index contributed by atoms with van der Waals surface area (Å²) in [4.78, 5) is 18.3. The van der Waals surface area contributed by atoms with E-state index in [1.165, 1.54) is 88.2 Å². The van der Waals surface area contributed by atoms with Crippen molar-refractivity contribution < 1.29 is 0 Å². The highest BCUT2D eigenvalue weighted by Crippen LogP contribution is 2.53. The first kappa shape index (κ1) is 41.0. The fraction of sp³-hybridized carbons (Fsp3) is 0.692. The van der Waals surface area contributed by atoms with E-state index >= 15 is 0 Å². The van der Waals surface area contributed by atoms with E-state index in [1.807, 2.05) is 24.8 Å². The van der Waals surface area contributed by atoms with E-state index in [4.69, 9.17) is 0 Å². The van der Waals surface area contributed by atoms with Crippen molar-refractivity contribution in [3.05, 3.63) is 83.5 Å². The normalized spacial score (nSPS) is 47.2. The quantitative estimate of drug-likeness (QED) is 0.200. The number of fused-ring (bicyclic) bond motifs is 20. The van der Waals surface area contributed by atoms with Crippen LogP contribution in [0.2, 0.25) is 0 Å². The number of dihydropyridines is 2. The third-order valence-corrected chi connectivity index (χ3v) is 19.2. The summed E-state index contributed by atoms with van der Waals surface area (Å²) in [6.07, 6.45) is 36.1. The van der Waals surface area contributed by atoms with Crippen LogP contribution in [0.25, 0.3) is 0 Å². The summed E-state index contributed by atoms with van der Waals surface area (Å²) in [6.45, 7) is 1.85. The number of hydrogen-bond acceptors (Lipinski definition) is 12. The van der Waals surface area contributed by atoms with Crippen LogP contribution in [0.15, 0.2) is 82.3 Å². The number of allylic oxidation sites excluding steroid dienone is 2. The molecule has 0 spiro atoms. The van der Waals surface area contributed by atoms with E-state index in [9.17, 15) is 0 Å². The van der Waals surface area contributed by atoms with Crippen molar-refractivity contribution in [2.24, 2.45) is 69.2 Å². The molecule has 11 aliphatic rings. The van der Waals surface area contributed by atoms with Crippen LogP contribution < -0.4 is 42.5 Å². The number of nitrogens with one attached hydrogen (secondary N) is 8. The number of nitrogens with zero attached hydrogens (tertiary/aromatic N) is 4. The molecule has 7 aliphatic heterocycles. The summed E-state index contributed by atoms with van der Waals surface area (Å²) in [5.74, 6) is 6.20. The Bertz CT molecular complexity index is 1950. The van der Waals surface area contributed by atoms with Crippen molar-refractivity contribution >= 4 is 12.4 Å². The molecule has 0 amide bonds. The molecule has 2 aromatic rings. The average Bonchev–Trinajstić information content (AvgIpc) is 4.11. The first-order valence-corrected chi connectivity index (χ1v) is 26.0. The molecular formula is C52H72N12. The average molecular weight is 865 g/mol. The molecule has 20 unspecified atom stereocenters. The lowest BCUT2D eigenvalue weighted by molar-refractivity contribution is 0.128. The SMILES string of the molecule is C1=NCCC(C2CCCC3C4NC(NC5NC(NC6NC(NC7NC(N4)C4C(c8ccncc8)CCCC74)C4C(C7=CC=NCC7)CCCC64)C4C(c6ccncc6)CCCC54)C23)=C1. The maximum atomic E-state index is 4.66. The summed E-state index contributed by atoms with van der Waals surface area (Å²) < 4.78 is 0. The van der Waals surface area contributed by atoms with Crippen LogP contribution in [0, 0.1) is 59.2 Å². The number of pyridine rings is 2. The molecule has 8 N–H and O–H groups in total. The molecule has 4 saturated carbocycles. The molecule has 9 fully saturated rings. The Labute approximate surface area is 380 Å². The summed E-state index contributed by atoms with van der Waals surface area (Å²) in [5, 5.41) is 35.5. The van der Waals surface area contributed by atoms with Gasteiger partial charge in [0.15, 0.2) is 0 Å². The third kappa shape index (κ3) is 7.23. The van der Waals surface area contributed by atoms with Crippen molar-refractivity contribution in [1.29, 1.82) is 0 Å². The predicted octanol–water partition coefficient (Wildman–Crippen LogP) is 5.44. The van der Waals surface area contributed by atoms with Crippen LogP contribution in [0.5, 0.6) is 0 Å². The third-order valence-electron chi connectivity index (χ3n) is 19.2. The second kappa shape index (κ2) is 17.5. The van der Waals surface area contributed by atoms with Crippen molar-refractivity contribution in [3.8, 4) is 0 Å². The number of rotatable bonds is 4. The standard InChI is InChI=1S/C52H72N12/c1-5-33(29-13-21-53-22-14-29)41-37(9-1)45-57-49(41)62-46-39-11-3-7-35(31-17-25-55-26-18-31)43(39)51(59-46)64-48-40-12-4-8-36(32-19-27-56-28-20-32)44(40)52(60-48)63-47-38-10-2-6-34(30-15-23-54-24-16-30)42(38)50(58-47)61-45/h13-15,17,19-23,25,27-28,33-52,57-64H,1-12,16,18,24,26H2. The second-order valence-electron chi connectivity index (χ2n) is 21.9. The molecule has 64 heavy (non-hydrogen) atoms. The fourth-order valence-electron chi connectivity index (χ4n) is 16.8. The summed E-state index contributed by atoms with van der Waals surface area (Å²) in [7, 11) is 0. The molecular weight excluding hydrogens is 793 g/mol. The van der Waals surface area contributed by atoms with E-state index in [0.717, 1.165) is 25.9 Å². The van der Waals surface area contributed by atoms with Crippen LogP contribution in [0.1, 0.15) is 113 Å². The van der Waals surface area contributed by atoms with Crippen LogP contribution in [0.4, 0.5) is 0 Å². The molecule has 0 radical (unpaired) electrons. The minimum absolute atomic E-state index is 0.190. The molecule has 2 aromatic heterocycles. The van der Waals surface area contributed by atoms with Crippen LogP contribution in [0.3, 0.4) is 0 Å². The Hall–Kier alpha value is -3.20. The Morgan fingerprint density at radius 3 is 0.984 bits per heavy atom. The molecule has 12 nitrogen and oxygen atoms in total. The lowest BCUT2D eigenvalue weighted by Crippen LogP contribution is -2.62. The van der Waals surface area contributed by atoms with Gasteiger partial charge in [-0.05, 0) is 183 Å². The van der Waals surface area contributed by atoms with E-state index < -0.39 is 0 Å². The number of aromatic nitrogens is 2. The number of aliphatic imine (C=N–C) groups is 2. The van der Waals surface area contributed by atoms with Gasteiger partial charge in [-0.1, -0.05) is 36.8 Å². The van der Waals surface area contributed by atoms with Gasteiger partial charge in [-0.15, -0.1) is 0 Å². The van der Waals surface area contributed by atoms with E-state index in [1.54, 1.807) is 11.1 Å². The van der Waals surface area contributed by atoms with Gasteiger partial charge < -0.3 is 0 Å². The van der Waals surface area contributed by atoms with Gasteiger partial charge in [0.25, 0.3) is 0 Å². The summed E-state index contributed by atoms with van der Waals surface area (Å²) in [6, 6.07) is 9.24. The highest BCUT2D eigenvalue weighted by atomic mass is 15.4. The van der Waals surface area contributed by atoms with Gasteiger partial charge in [0.05, 0.1) is 49.3 Å². The molecule has 9 heterocycles. The van der Waals surface area contributed by atoms with Gasteiger partial charge >= 0.3 is 0 Å². The van der Waals surface area contributed by atoms with Crippen molar-refractivity contribution in [2.45, 2.75) is 151 Å². The summed E-state index contributed by atoms with van der Waals surface area (Å²) in [5.41, 5.74) is 6.18. The highest BCUT2D eigenvalue weighted by Gasteiger charge is 2.58. The lowest BCUT2D eigenvalue weighted by atomic mass is 9.66. The first-order chi connectivity index (χ1) is 31.7. The predicted molar refractivity (Wildman–Crippen MR) is 252 cm³/mol.